The fourth-order valence-corrected chi connectivity index (χ4v) is 2.47. The van der Waals surface area contributed by atoms with Gasteiger partial charge in [-0.1, -0.05) is 0 Å². The molecule has 0 aliphatic carbocycles. The Kier molecular flexibility index (Phi) is 5.52. The summed E-state index contributed by atoms with van der Waals surface area (Å²) in [5, 5.41) is 4.84. The Balaban J connectivity index is 2.23. The molecule has 1 aromatic heterocycles. The molecule has 1 rings (SSSR count). The van der Waals surface area contributed by atoms with Crippen LogP contribution in [0.15, 0.2) is 15.9 Å². The topological polar surface area (TPSA) is 29.1 Å². The summed E-state index contributed by atoms with van der Waals surface area (Å²) in [5.41, 5.74) is 0. The van der Waals surface area contributed by atoms with Crippen LogP contribution in [-0.2, 0) is 11.3 Å². The molecule has 14 heavy (non-hydrogen) atoms. The van der Waals surface area contributed by atoms with Crippen LogP contribution in [0.4, 0.5) is 0 Å². The van der Waals surface area contributed by atoms with E-state index in [1.54, 1.807) is 11.3 Å². The first kappa shape index (κ1) is 12.0. The van der Waals surface area contributed by atoms with Gasteiger partial charge in [-0.2, -0.15) is 0 Å². The molecule has 0 unspecified atom stereocenters. The van der Waals surface area contributed by atoms with Gasteiger partial charge in [-0.15, -0.1) is 22.9 Å². The highest BCUT2D eigenvalue weighted by Gasteiger charge is 2.01. The lowest BCUT2D eigenvalue weighted by Gasteiger charge is -2.01. The van der Waals surface area contributed by atoms with Crippen molar-refractivity contribution in [2.75, 3.05) is 5.88 Å². The predicted molar refractivity (Wildman–Crippen MR) is 63.8 cm³/mol. The molecule has 0 saturated heterocycles. The summed E-state index contributed by atoms with van der Waals surface area (Å²) in [7, 11) is 0. The van der Waals surface area contributed by atoms with E-state index < -0.39 is 0 Å². The van der Waals surface area contributed by atoms with E-state index in [4.69, 9.17) is 11.6 Å². The van der Waals surface area contributed by atoms with Crippen molar-refractivity contribution in [3.63, 3.8) is 0 Å². The minimum Gasteiger partial charge on any atom is -0.351 e. The molecule has 0 radical (unpaired) electrons. The molecular weight excluding hydrogens is 286 g/mol. The Morgan fingerprint density at radius 2 is 2.43 bits per heavy atom. The maximum atomic E-state index is 11.2. The van der Waals surface area contributed by atoms with Crippen molar-refractivity contribution in [2.45, 2.75) is 19.4 Å². The SMILES string of the molecule is O=C(CCCCl)NCc1cc(Br)cs1. The molecule has 0 aliphatic heterocycles. The number of nitrogens with one attached hydrogen (secondary N) is 1. The minimum atomic E-state index is 0.0650. The van der Waals surface area contributed by atoms with Crippen LogP contribution < -0.4 is 5.32 Å². The Morgan fingerprint density at radius 3 is 3.00 bits per heavy atom. The first-order chi connectivity index (χ1) is 6.72. The molecule has 78 valence electrons. The Hall–Kier alpha value is -0.0600. The summed E-state index contributed by atoms with van der Waals surface area (Å²) in [6, 6.07) is 2.01. The fourth-order valence-electron chi connectivity index (χ4n) is 0.948. The highest BCUT2D eigenvalue weighted by atomic mass is 79.9. The largest absolute Gasteiger partial charge is 0.351 e. The zero-order valence-electron chi connectivity index (χ0n) is 7.56. The molecular formula is C9H11BrClNOS. The molecule has 1 aromatic rings. The highest BCUT2D eigenvalue weighted by Crippen LogP contribution is 2.19. The lowest BCUT2D eigenvalue weighted by molar-refractivity contribution is -0.121. The number of alkyl halides is 1. The minimum absolute atomic E-state index is 0.0650. The molecule has 0 spiro atoms. The number of carbonyl (C=O) groups excluding carboxylic acids is 1. The summed E-state index contributed by atoms with van der Waals surface area (Å²) in [6.45, 7) is 0.609. The van der Waals surface area contributed by atoms with Gasteiger partial charge >= 0.3 is 0 Å². The van der Waals surface area contributed by atoms with E-state index in [-0.39, 0.29) is 5.91 Å². The van der Waals surface area contributed by atoms with Gasteiger partial charge in [0.2, 0.25) is 5.91 Å². The van der Waals surface area contributed by atoms with E-state index in [0.717, 1.165) is 15.8 Å². The maximum Gasteiger partial charge on any atom is 0.220 e. The van der Waals surface area contributed by atoms with Crippen molar-refractivity contribution in [1.29, 1.82) is 0 Å². The average Bonchev–Trinajstić information content (AvgIpc) is 2.58. The number of rotatable bonds is 5. The average molecular weight is 297 g/mol. The van der Waals surface area contributed by atoms with Gasteiger partial charge < -0.3 is 5.32 Å². The Morgan fingerprint density at radius 1 is 1.64 bits per heavy atom. The summed E-state index contributed by atoms with van der Waals surface area (Å²) in [5.74, 6) is 0.605. The highest BCUT2D eigenvalue weighted by molar-refractivity contribution is 9.10. The van der Waals surface area contributed by atoms with E-state index in [0.29, 0.717) is 18.8 Å². The van der Waals surface area contributed by atoms with Gasteiger partial charge in [-0.25, -0.2) is 0 Å². The Labute approximate surface area is 101 Å². The normalized spacial score (nSPS) is 10.1. The van der Waals surface area contributed by atoms with E-state index in [9.17, 15) is 4.79 Å². The Bertz CT molecular complexity index is 303. The van der Waals surface area contributed by atoms with Crippen LogP contribution in [0.5, 0.6) is 0 Å². The summed E-state index contributed by atoms with van der Waals surface area (Å²) in [6.07, 6.45) is 1.25. The van der Waals surface area contributed by atoms with E-state index in [1.165, 1.54) is 0 Å². The van der Waals surface area contributed by atoms with Gasteiger partial charge in [0.25, 0.3) is 0 Å². The molecule has 1 N–H and O–H groups in total. The second-order valence-corrected chi connectivity index (χ2v) is 5.09. The van der Waals surface area contributed by atoms with E-state index in [1.807, 2.05) is 11.4 Å². The molecule has 1 amide bonds. The first-order valence-corrected chi connectivity index (χ1v) is 6.48. The van der Waals surface area contributed by atoms with Crippen molar-refractivity contribution in [1.82, 2.24) is 5.32 Å². The van der Waals surface area contributed by atoms with Gasteiger partial charge in [0.15, 0.2) is 0 Å². The molecule has 1 heterocycles. The van der Waals surface area contributed by atoms with Crippen LogP contribution in [0.2, 0.25) is 0 Å². The van der Waals surface area contributed by atoms with Crippen LogP contribution in [0.1, 0.15) is 17.7 Å². The maximum absolute atomic E-state index is 11.2. The first-order valence-electron chi connectivity index (χ1n) is 4.28. The van der Waals surface area contributed by atoms with Gasteiger partial charge in [-0.3, -0.25) is 4.79 Å². The monoisotopic (exact) mass is 295 g/mol. The number of carbonyl (C=O) groups is 1. The number of halogens is 2. The fraction of sp³-hybridized carbons (Fsp3) is 0.444. The van der Waals surface area contributed by atoms with Crippen molar-refractivity contribution in [3.8, 4) is 0 Å². The zero-order valence-corrected chi connectivity index (χ0v) is 10.7. The van der Waals surface area contributed by atoms with Crippen molar-refractivity contribution in [2.24, 2.45) is 0 Å². The number of thiophene rings is 1. The third-order valence-corrected chi connectivity index (χ3v) is 3.58. The second-order valence-electron chi connectivity index (χ2n) is 2.80. The van der Waals surface area contributed by atoms with Crippen molar-refractivity contribution >= 4 is 44.8 Å². The smallest absolute Gasteiger partial charge is 0.220 e. The lowest BCUT2D eigenvalue weighted by Crippen LogP contribution is -2.21. The molecule has 0 fully saturated rings. The van der Waals surface area contributed by atoms with Crippen LogP contribution in [0.25, 0.3) is 0 Å². The number of hydrogen-bond acceptors (Lipinski definition) is 2. The van der Waals surface area contributed by atoms with E-state index >= 15 is 0 Å². The quantitative estimate of drug-likeness (QED) is 0.831. The zero-order chi connectivity index (χ0) is 10.4. The standard InChI is InChI=1S/C9H11BrClNOS/c10-7-4-8(14-6-7)5-12-9(13)2-1-3-11/h4,6H,1-3,5H2,(H,12,13). The summed E-state index contributed by atoms with van der Waals surface area (Å²) in [4.78, 5) is 12.4. The van der Waals surface area contributed by atoms with Crippen molar-refractivity contribution in [3.05, 3.63) is 20.8 Å². The van der Waals surface area contributed by atoms with Gasteiger partial charge in [-0.05, 0) is 28.4 Å². The van der Waals surface area contributed by atoms with Crippen LogP contribution >= 0.6 is 38.9 Å². The lowest BCUT2D eigenvalue weighted by atomic mass is 10.3. The van der Waals surface area contributed by atoms with Crippen LogP contribution in [-0.4, -0.2) is 11.8 Å². The van der Waals surface area contributed by atoms with Crippen LogP contribution in [0.3, 0.4) is 0 Å². The third kappa shape index (κ3) is 4.44. The molecule has 5 heteroatoms. The number of amides is 1. The van der Waals surface area contributed by atoms with Crippen molar-refractivity contribution < 1.29 is 4.79 Å². The van der Waals surface area contributed by atoms with Gasteiger partial charge in [0.05, 0.1) is 6.54 Å². The molecule has 0 saturated carbocycles. The van der Waals surface area contributed by atoms with Crippen LogP contribution in [0, 0.1) is 0 Å². The number of hydrogen-bond donors (Lipinski definition) is 1. The van der Waals surface area contributed by atoms with Gasteiger partial charge in [0, 0.05) is 27.0 Å². The van der Waals surface area contributed by atoms with Gasteiger partial charge in [0.1, 0.15) is 0 Å². The summed E-state index contributed by atoms with van der Waals surface area (Å²) < 4.78 is 1.06. The predicted octanol–water partition coefficient (Wildman–Crippen LogP) is 3.15. The summed E-state index contributed by atoms with van der Waals surface area (Å²) >= 11 is 10.5. The third-order valence-electron chi connectivity index (χ3n) is 1.62. The molecule has 0 atom stereocenters. The molecule has 0 aromatic carbocycles. The second kappa shape index (κ2) is 6.43. The molecule has 0 bridgehead atoms. The molecule has 2 nitrogen and oxygen atoms in total. The van der Waals surface area contributed by atoms with E-state index in [2.05, 4.69) is 21.2 Å². The molecule has 0 aliphatic rings.